The van der Waals surface area contributed by atoms with Crippen LogP contribution in [-0.4, -0.2) is 28.7 Å². The number of aromatic nitrogens is 1. The Kier molecular flexibility index (Phi) is 6.17. The van der Waals surface area contributed by atoms with E-state index in [2.05, 4.69) is 10.3 Å². The lowest BCUT2D eigenvalue weighted by molar-refractivity contribution is 0.0785. The Morgan fingerprint density at radius 3 is 2.46 bits per heavy atom. The summed E-state index contributed by atoms with van der Waals surface area (Å²) in [5.41, 5.74) is 3.87. The SMILES string of the molecule is Cc1ccccc1CNC(=O)c1cc(C(=O)N(C)Cc2ccccc2)ccn1. The van der Waals surface area contributed by atoms with Gasteiger partial charge in [0.1, 0.15) is 5.69 Å². The monoisotopic (exact) mass is 373 g/mol. The zero-order chi connectivity index (χ0) is 19.9. The second-order valence-electron chi connectivity index (χ2n) is 6.69. The van der Waals surface area contributed by atoms with Gasteiger partial charge in [0, 0.05) is 31.9 Å². The third-order valence-corrected chi connectivity index (χ3v) is 4.55. The van der Waals surface area contributed by atoms with Crippen LogP contribution in [0.25, 0.3) is 0 Å². The number of nitrogens with zero attached hydrogens (tertiary/aromatic N) is 2. The number of rotatable bonds is 6. The molecule has 0 radical (unpaired) electrons. The summed E-state index contributed by atoms with van der Waals surface area (Å²) >= 11 is 0. The first kappa shape index (κ1) is 19.3. The maximum absolute atomic E-state index is 12.7. The highest BCUT2D eigenvalue weighted by molar-refractivity contribution is 5.98. The van der Waals surface area contributed by atoms with Crippen molar-refractivity contribution >= 4 is 11.8 Å². The molecule has 0 aliphatic heterocycles. The number of pyridine rings is 1. The molecule has 0 atom stereocenters. The molecule has 2 aromatic carbocycles. The van der Waals surface area contributed by atoms with Crippen molar-refractivity contribution in [2.75, 3.05) is 7.05 Å². The Morgan fingerprint density at radius 2 is 1.71 bits per heavy atom. The fourth-order valence-corrected chi connectivity index (χ4v) is 2.91. The highest BCUT2D eigenvalue weighted by Crippen LogP contribution is 2.10. The quantitative estimate of drug-likeness (QED) is 0.718. The fraction of sp³-hybridized carbons (Fsp3) is 0.174. The minimum Gasteiger partial charge on any atom is -0.347 e. The lowest BCUT2D eigenvalue weighted by Gasteiger charge is -2.17. The van der Waals surface area contributed by atoms with E-state index < -0.39 is 0 Å². The first-order valence-electron chi connectivity index (χ1n) is 9.13. The molecular weight excluding hydrogens is 350 g/mol. The van der Waals surface area contributed by atoms with Gasteiger partial charge in [0.2, 0.25) is 0 Å². The molecule has 28 heavy (non-hydrogen) atoms. The Bertz CT molecular complexity index is 970. The molecule has 2 amide bonds. The predicted octanol–water partition coefficient (Wildman–Crippen LogP) is 3.59. The van der Waals surface area contributed by atoms with Gasteiger partial charge in [-0.3, -0.25) is 14.6 Å². The van der Waals surface area contributed by atoms with Gasteiger partial charge in [-0.1, -0.05) is 54.6 Å². The zero-order valence-corrected chi connectivity index (χ0v) is 16.1. The highest BCUT2D eigenvalue weighted by Gasteiger charge is 2.15. The number of hydrogen-bond acceptors (Lipinski definition) is 3. The summed E-state index contributed by atoms with van der Waals surface area (Å²) in [6.07, 6.45) is 1.49. The molecule has 0 saturated heterocycles. The topological polar surface area (TPSA) is 62.3 Å². The third-order valence-electron chi connectivity index (χ3n) is 4.55. The number of benzene rings is 2. The van der Waals surface area contributed by atoms with Gasteiger partial charge < -0.3 is 10.2 Å². The molecule has 5 heteroatoms. The molecule has 0 unspecified atom stereocenters. The number of hydrogen-bond donors (Lipinski definition) is 1. The molecule has 1 aromatic heterocycles. The highest BCUT2D eigenvalue weighted by atomic mass is 16.2. The van der Waals surface area contributed by atoms with E-state index >= 15 is 0 Å². The van der Waals surface area contributed by atoms with Crippen molar-refractivity contribution in [2.24, 2.45) is 0 Å². The van der Waals surface area contributed by atoms with Gasteiger partial charge in [0.25, 0.3) is 11.8 Å². The molecule has 3 aromatic rings. The van der Waals surface area contributed by atoms with Crippen LogP contribution in [0, 0.1) is 6.92 Å². The molecule has 0 spiro atoms. The van der Waals surface area contributed by atoms with Crippen LogP contribution in [0.5, 0.6) is 0 Å². The van der Waals surface area contributed by atoms with Crippen LogP contribution < -0.4 is 5.32 Å². The smallest absolute Gasteiger partial charge is 0.270 e. The van der Waals surface area contributed by atoms with Crippen molar-refractivity contribution in [1.29, 1.82) is 0 Å². The van der Waals surface area contributed by atoms with Crippen LogP contribution in [0.4, 0.5) is 0 Å². The van der Waals surface area contributed by atoms with E-state index in [9.17, 15) is 9.59 Å². The normalized spacial score (nSPS) is 10.4. The lowest BCUT2D eigenvalue weighted by Crippen LogP contribution is -2.28. The standard InChI is InChI=1S/C23H23N3O2/c1-17-8-6-7-11-20(17)15-25-22(27)21-14-19(12-13-24-21)23(28)26(2)16-18-9-4-3-5-10-18/h3-14H,15-16H2,1-2H3,(H,25,27). The largest absolute Gasteiger partial charge is 0.347 e. The number of amides is 2. The van der Waals surface area contributed by atoms with E-state index in [1.54, 1.807) is 18.0 Å². The van der Waals surface area contributed by atoms with Gasteiger partial charge >= 0.3 is 0 Å². The minimum absolute atomic E-state index is 0.154. The molecule has 0 aliphatic rings. The zero-order valence-electron chi connectivity index (χ0n) is 16.1. The summed E-state index contributed by atoms with van der Waals surface area (Å²) in [6.45, 7) is 2.91. The summed E-state index contributed by atoms with van der Waals surface area (Å²) in [5, 5.41) is 2.86. The van der Waals surface area contributed by atoms with Crippen LogP contribution >= 0.6 is 0 Å². The first-order chi connectivity index (χ1) is 13.5. The molecule has 1 N–H and O–H groups in total. The summed E-state index contributed by atoms with van der Waals surface area (Å²) in [7, 11) is 1.74. The Balaban J connectivity index is 1.66. The van der Waals surface area contributed by atoms with Crippen LogP contribution in [0.2, 0.25) is 0 Å². The van der Waals surface area contributed by atoms with Gasteiger partial charge in [0.15, 0.2) is 0 Å². The Morgan fingerprint density at radius 1 is 1.00 bits per heavy atom. The van der Waals surface area contributed by atoms with Crippen LogP contribution in [0.15, 0.2) is 72.9 Å². The van der Waals surface area contributed by atoms with Crippen molar-refractivity contribution in [1.82, 2.24) is 15.2 Å². The Hall–Kier alpha value is -3.47. The van der Waals surface area contributed by atoms with Crippen molar-refractivity contribution in [3.05, 3.63) is 101 Å². The Labute approximate surface area is 165 Å². The summed E-state index contributed by atoms with van der Waals surface area (Å²) in [6, 6.07) is 20.8. The maximum atomic E-state index is 12.7. The molecule has 142 valence electrons. The maximum Gasteiger partial charge on any atom is 0.270 e. The van der Waals surface area contributed by atoms with E-state index in [4.69, 9.17) is 0 Å². The van der Waals surface area contributed by atoms with E-state index in [0.29, 0.717) is 18.7 Å². The average molecular weight is 373 g/mol. The molecule has 5 nitrogen and oxygen atoms in total. The summed E-state index contributed by atoms with van der Waals surface area (Å²) in [4.78, 5) is 30.9. The fourth-order valence-electron chi connectivity index (χ4n) is 2.91. The molecule has 3 rings (SSSR count). The van der Waals surface area contributed by atoms with Gasteiger partial charge in [-0.15, -0.1) is 0 Å². The van der Waals surface area contributed by atoms with Gasteiger partial charge in [-0.25, -0.2) is 0 Å². The van der Waals surface area contributed by atoms with Crippen molar-refractivity contribution < 1.29 is 9.59 Å². The van der Waals surface area contributed by atoms with Crippen molar-refractivity contribution in [2.45, 2.75) is 20.0 Å². The third kappa shape index (κ3) is 4.82. The molecule has 1 heterocycles. The molecule has 0 bridgehead atoms. The van der Waals surface area contributed by atoms with Crippen LogP contribution in [-0.2, 0) is 13.1 Å². The van der Waals surface area contributed by atoms with Gasteiger partial charge in [0.05, 0.1) is 0 Å². The van der Waals surface area contributed by atoms with Crippen molar-refractivity contribution in [3.8, 4) is 0 Å². The lowest BCUT2D eigenvalue weighted by atomic mass is 10.1. The minimum atomic E-state index is -0.302. The molecule has 0 aliphatic carbocycles. The first-order valence-corrected chi connectivity index (χ1v) is 9.13. The average Bonchev–Trinajstić information content (AvgIpc) is 2.73. The molecule has 0 fully saturated rings. The number of aryl methyl sites for hydroxylation is 1. The number of carbonyl (C=O) groups excluding carboxylic acids is 2. The van der Waals surface area contributed by atoms with Crippen molar-refractivity contribution in [3.63, 3.8) is 0 Å². The van der Waals surface area contributed by atoms with Crippen LogP contribution in [0.1, 0.15) is 37.5 Å². The van der Waals surface area contributed by atoms with Crippen LogP contribution in [0.3, 0.4) is 0 Å². The van der Waals surface area contributed by atoms with E-state index in [-0.39, 0.29) is 17.5 Å². The van der Waals surface area contributed by atoms with E-state index in [1.165, 1.54) is 12.3 Å². The number of carbonyl (C=O) groups is 2. The summed E-state index contributed by atoms with van der Waals surface area (Å²) < 4.78 is 0. The summed E-state index contributed by atoms with van der Waals surface area (Å²) in [5.74, 6) is -0.456. The second-order valence-corrected chi connectivity index (χ2v) is 6.69. The second kappa shape index (κ2) is 8.95. The molecular formula is C23H23N3O2. The number of nitrogens with one attached hydrogen (secondary N) is 1. The van der Waals surface area contributed by atoms with Gasteiger partial charge in [-0.05, 0) is 35.7 Å². The van der Waals surface area contributed by atoms with E-state index in [1.807, 2.05) is 61.5 Å². The van der Waals surface area contributed by atoms with Gasteiger partial charge in [-0.2, -0.15) is 0 Å². The predicted molar refractivity (Wildman–Crippen MR) is 109 cm³/mol. The molecule has 0 saturated carbocycles. The van der Waals surface area contributed by atoms with E-state index in [0.717, 1.165) is 16.7 Å².